The second-order valence-corrected chi connectivity index (χ2v) is 18.7. The van der Waals surface area contributed by atoms with Crippen molar-refractivity contribution in [1.29, 1.82) is 0 Å². The van der Waals surface area contributed by atoms with Crippen LogP contribution in [0.2, 0.25) is 0 Å². The minimum Gasteiger partial charge on any atom is -0.394 e. The normalized spacial score (nSPS) is 20.4. The summed E-state index contributed by atoms with van der Waals surface area (Å²) in [7, 11) is 0. The lowest BCUT2D eigenvalue weighted by Crippen LogP contribution is -2.60. The van der Waals surface area contributed by atoms with Crippen molar-refractivity contribution < 1.29 is 39.8 Å². The van der Waals surface area contributed by atoms with Crippen LogP contribution in [0.25, 0.3) is 0 Å². The summed E-state index contributed by atoms with van der Waals surface area (Å²) in [5.74, 6) is -0.144. The molecule has 1 rings (SSSR count). The Balaban J connectivity index is 2.01. The van der Waals surface area contributed by atoms with E-state index in [4.69, 9.17) is 9.47 Å². The van der Waals surface area contributed by atoms with E-state index in [1.165, 1.54) is 199 Å². The third-order valence-corrected chi connectivity index (χ3v) is 13.0. The minimum absolute atomic E-state index is 0.134. The van der Waals surface area contributed by atoms with Crippen LogP contribution in [0.1, 0.15) is 264 Å². The van der Waals surface area contributed by atoms with Gasteiger partial charge in [0, 0.05) is 6.42 Å². The molecule has 7 atom stereocenters. The summed E-state index contributed by atoms with van der Waals surface area (Å²) in [6, 6.07) is -0.709. The smallest absolute Gasteiger partial charge is 0.220 e. The maximum atomic E-state index is 12.9. The van der Waals surface area contributed by atoms with E-state index in [2.05, 4.69) is 19.2 Å². The van der Waals surface area contributed by atoms with Crippen LogP contribution in [0.5, 0.6) is 0 Å². The molecule has 0 spiro atoms. The van der Waals surface area contributed by atoms with Gasteiger partial charge in [0.1, 0.15) is 24.4 Å². The number of nitrogens with one attached hydrogen (secondary N) is 1. The topological polar surface area (TPSA) is 149 Å². The Labute approximate surface area is 370 Å². The van der Waals surface area contributed by atoms with Crippen LogP contribution in [0, 0.1) is 0 Å². The molecule has 9 heteroatoms. The van der Waals surface area contributed by atoms with Crippen molar-refractivity contribution in [3.05, 3.63) is 0 Å². The molecule has 9 nitrogen and oxygen atoms in total. The number of unbranched alkanes of at least 4 members (excludes halogenated alkanes) is 35. The molecule has 7 unspecified atom stereocenters. The lowest BCUT2D eigenvalue weighted by molar-refractivity contribution is -0.302. The Bertz CT molecular complexity index is 908. The molecule has 0 aromatic heterocycles. The van der Waals surface area contributed by atoms with E-state index in [0.29, 0.717) is 12.8 Å². The first-order chi connectivity index (χ1) is 29.3. The van der Waals surface area contributed by atoms with Crippen molar-refractivity contribution >= 4 is 5.91 Å². The lowest BCUT2D eigenvalue weighted by atomic mass is 9.99. The van der Waals surface area contributed by atoms with Gasteiger partial charge in [-0.2, -0.15) is 0 Å². The number of ether oxygens (including phenoxy) is 2. The molecule has 0 radical (unpaired) electrons. The van der Waals surface area contributed by atoms with Gasteiger partial charge in [0.2, 0.25) is 5.91 Å². The molecule has 0 aromatic carbocycles. The Morgan fingerprint density at radius 1 is 0.500 bits per heavy atom. The van der Waals surface area contributed by atoms with Gasteiger partial charge in [0.05, 0.1) is 25.4 Å². The Kier molecular flexibility index (Phi) is 40.2. The van der Waals surface area contributed by atoms with E-state index in [1.807, 2.05) is 0 Å². The second kappa shape index (κ2) is 42.2. The van der Waals surface area contributed by atoms with E-state index >= 15 is 0 Å². The van der Waals surface area contributed by atoms with Crippen LogP contribution in [0.15, 0.2) is 0 Å². The van der Waals surface area contributed by atoms with Crippen LogP contribution >= 0.6 is 0 Å². The first-order valence-electron chi connectivity index (χ1n) is 26.2. The van der Waals surface area contributed by atoms with E-state index in [1.54, 1.807) is 0 Å². The van der Waals surface area contributed by atoms with Crippen LogP contribution in [-0.4, -0.2) is 87.5 Å². The standard InChI is InChI=1S/C51H101NO8/c1-3-5-7-9-11-12-13-14-15-16-17-18-19-20-21-22-23-24-25-26-27-28-29-30-31-32-33-34-35-37-39-41-47(55)52-44(45(54)40-38-36-10-8-6-4-2)43-59-51-50(58)49(57)48(56)46(42-53)60-51/h44-46,48-51,53-54,56-58H,3-43H2,1-2H3,(H,52,55). The molecule has 1 fully saturated rings. The number of aliphatic hydroxyl groups excluding tert-OH is 5. The third kappa shape index (κ3) is 31.9. The summed E-state index contributed by atoms with van der Waals surface area (Å²) >= 11 is 0. The monoisotopic (exact) mass is 856 g/mol. The van der Waals surface area contributed by atoms with Crippen LogP contribution < -0.4 is 5.32 Å². The number of hydrogen-bond donors (Lipinski definition) is 6. The molecule has 0 bridgehead atoms. The number of carbonyl (C=O) groups excluding carboxylic acids is 1. The average molecular weight is 856 g/mol. The van der Waals surface area contributed by atoms with Gasteiger partial charge in [-0.1, -0.05) is 245 Å². The molecule has 0 saturated carbocycles. The molecule has 0 aliphatic carbocycles. The molecule has 358 valence electrons. The summed E-state index contributed by atoms with van der Waals surface area (Å²) in [5.41, 5.74) is 0. The average Bonchev–Trinajstić information content (AvgIpc) is 3.25. The molecule has 1 heterocycles. The highest BCUT2D eigenvalue weighted by Crippen LogP contribution is 2.23. The summed E-state index contributed by atoms with van der Waals surface area (Å²) < 4.78 is 11.2. The van der Waals surface area contributed by atoms with Crippen LogP contribution in [0.4, 0.5) is 0 Å². The molecule has 6 N–H and O–H groups in total. The Hall–Kier alpha value is -0.810. The third-order valence-electron chi connectivity index (χ3n) is 13.0. The Morgan fingerprint density at radius 2 is 0.833 bits per heavy atom. The fourth-order valence-electron chi connectivity index (χ4n) is 8.75. The van der Waals surface area contributed by atoms with E-state index in [9.17, 15) is 30.3 Å². The second-order valence-electron chi connectivity index (χ2n) is 18.7. The van der Waals surface area contributed by atoms with Gasteiger partial charge in [-0.15, -0.1) is 0 Å². The number of rotatable bonds is 45. The first-order valence-corrected chi connectivity index (χ1v) is 26.2. The predicted molar refractivity (Wildman–Crippen MR) is 249 cm³/mol. The molecule has 0 aromatic rings. The van der Waals surface area contributed by atoms with Gasteiger partial charge < -0.3 is 40.3 Å². The number of hydrogen-bond acceptors (Lipinski definition) is 8. The van der Waals surface area contributed by atoms with E-state index < -0.39 is 49.5 Å². The van der Waals surface area contributed by atoms with Crippen molar-refractivity contribution in [3.63, 3.8) is 0 Å². The van der Waals surface area contributed by atoms with Crippen molar-refractivity contribution in [2.45, 2.75) is 307 Å². The van der Waals surface area contributed by atoms with Crippen LogP contribution in [0.3, 0.4) is 0 Å². The SMILES string of the molecule is CCCCCCCCCCCCCCCCCCCCCCCCCCCCCCCCCC(=O)NC(COC1OC(CO)C(O)C(O)C1O)C(O)CCCCCCCC. The predicted octanol–water partition coefficient (Wildman–Crippen LogP) is 11.9. The maximum absolute atomic E-state index is 12.9. The molecular weight excluding hydrogens is 755 g/mol. The fraction of sp³-hybridized carbons (Fsp3) is 0.980. The molecule has 1 amide bonds. The van der Waals surface area contributed by atoms with Crippen molar-refractivity contribution in [3.8, 4) is 0 Å². The highest BCUT2D eigenvalue weighted by molar-refractivity contribution is 5.76. The molecule has 1 saturated heterocycles. The van der Waals surface area contributed by atoms with Gasteiger partial charge in [-0.3, -0.25) is 4.79 Å². The fourth-order valence-corrected chi connectivity index (χ4v) is 8.75. The van der Waals surface area contributed by atoms with Crippen LogP contribution in [-0.2, 0) is 14.3 Å². The van der Waals surface area contributed by atoms with Gasteiger partial charge in [0.15, 0.2) is 6.29 Å². The van der Waals surface area contributed by atoms with E-state index in [0.717, 1.165) is 38.5 Å². The van der Waals surface area contributed by atoms with Gasteiger partial charge in [-0.05, 0) is 12.8 Å². The summed E-state index contributed by atoms with van der Waals surface area (Å²) in [6.07, 6.45) is 41.9. The van der Waals surface area contributed by atoms with Crippen molar-refractivity contribution in [1.82, 2.24) is 5.32 Å². The first kappa shape index (κ1) is 57.2. The number of carbonyl (C=O) groups is 1. The quantitative estimate of drug-likeness (QED) is 0.0332. The number of aliphatic hydroxyl groups is 5. The molecule has 1 aliphatic heterocycles. The molecule has 1 aliphatic rings. The van der Waals surface area contributed by atoms with E-state index in [-0.39, 0.29) is 12.5 Å². The number of amides is 1. The largest absolute Gasteiger partial charge is 0.394 e. The van der Waals surface area contributed by atoms with Gasteiger partial charge in [-0.25, -0.2) is 0 Å². The Morgan fingerprint density at radius 3 is 1.18 bits per heavy atom. The summed E-state index contributed by atoms with van der Waals surface area (Å²) in [5, 5.41) is 54.0. The van der Waals surface area contributed by atoms with Crippen molar-refractivity contribution in [2.24, 2.45) is 0 Å². The zero-order valence-electron chi connectivity index (χ0n) is 39.5. The zero-order chi connectivity index (χ0) is 43.7. The highest BCUT2D eigenvalue weighted by Gasteiger charge is 2.44. The highest BCUT2D eigenvalue weighted by atomic mass is 16.7. The molecule has 60 heavy (non-hydrogen) atoms. The lowest BCUT2D eigenvalue weighted by Gasteiger charge is -2.40. The van der Waals surface area contributed by atoms with Gasteiger partial charge in [0.25, 0.3) is 0 Å². The van der Waals surface area contributed by atoms with Crippen molar-refractivity contribution in [2.75, 3.05) is 13.2 Å². The zero-order valence-corrected chi connectivity index (χ0v) is 39.5. The summed E-state index contributed by atoms with van der Waals surface area (Å²) in [4.78, 5) is 12.9. The summed E-state index contributed by atoms with van der Waals surface area (Å²) in [6.45, 7) is 3.79. The minimum atomic E-state index is -1.55. The van der Waals surface area contributed by atoms with Gasteiger partial charge >= 0.3 is 0 Å². The maximum Gasteiger partial charge on any atom is 0.220 e. The molecular formula is C51H101NO8.